The zero-order valence-corrected chi connectivity index (χ0v) is 13.4. The van der Waals surface area contributed by atoms with Crippen molar-refractivity contribution in [1.82, 2.24) is 10.6 Å². The van der Waals surface area contributed by atoms with E-state index in [-0.39, 0.29) is 5.91 Å². The van der Waals surface area contributed by atoms with Crippen molar-refractivity contribution in [3.05, 3.63) is 58.7 Å². The predicted octanol–water partition coefficient (Wildman–Crippen LogP) is 2.03. The van der Waals surface area contributed by atoms with E-state index in [2.05, 4.69) is 10.6 Å². The van der Waals surface area contributed by atoms with Crippen LogP contribution in [0, 0.1) is 0 Å². The normalized spacial score (nSPS) is 15.0. The summed E-state index contributed by atoms with van der Waals surface area (Å²) in [7, 11) is 0. The van der Waals surface area contributed by atoms with Gasteiger partial charge in [0.25, 0.3) is 5.91 Å². The SMILES string of the molecule is O=C(NCCc1ccc2c(c1)OCCO2)c1ccc2c(c1)CNC2. The van der Waals surface area contributed by atoms with E-state index in [1.807, 2.05) is 36.4 Å². The van der Waals surface area contributed by atoms with Crippen molar-refractivity contribution in [2.24, 2.45) is 0 Å². The maximum absolute atomic E-state index is 12.3. The third-order valence-corrected chi connectivity index (χ3v) is 4.41. The molecule has 5 heteroatoms. The molecule has 2 aromatic rings. The first-order chi connectivity index (χ1) is 11.8. The Morgan fingerprint density at radius 2 is 1.83 bits per heavy atom. The van der Waals surface area contributed by atoms with Crippen LogP contribution < -0.4 is 20.1 Å². The number of fused-ring (bicyclic) bond motifs is 2. The van der Waals surface area contributed by atoms with Gasteiger partial charge in [0, 0.05) is 25.2 Å². The molecule has 0 radical (unpaired) electrons. The lowest BCUT2D eigenvalue weighted by atomic mass is 10.1. The Morgan fingerprint density at radius 1 is 1.00 bits per heavy atom. The maximum atomic E-state index is 12.3. The highest BCUT2D eigenvalue weighted by molar-refractivity contribution is 5.94. The van der Waals surface area contributed by atoms with E-state index in [4.69, 9.17) is 9.47 Å². The topological polar surface area (TPSA) is 59.6 Å². The predicted molar refractivity (Wildman–Crippen MR) is 90.5 cm³/mol. The Hall–Kier alpha value is -2.53. The third kappa shape index (κ3) is 3.08. The quantitative estimate of drug-likeness (QED) is 0.903. The van der Waals surface area contributed by atoms with Gasteiger partial charge < -0.3 is 20.1 Å². The Morgan fingerprint density at radius 3 is 2.75 bits per heavy atom. The molecule has 5 nitrogen and oxygen atoms in total. The molecule has 0 fully saturated rings. The van der Waals surface area contributed by atoms with Gasteiger partial charge in [0.1, 0.15) is 13.2 Å². The van der Waals surface area contributed by atoms with Gasteiger partial charge in [0.15, 0.2) is 11.5 Å². The van der Waals surface area contributed by atoms with Crippen LogP contribution in [-0.2, 0) is 19.5 Å². The fraction of sp³-hybridized carbons (Fsp3) is 0.316. The Labute approximate surface area is 141 Å². The van der Waals surface area contributed by atoms with Crippen molar-refractivity contribution in [2.45, 2.75) is 19.5 Å². The third-order valence-electron chi connectivity index (χ3n) is 4.41. The summed E-state index contributed by atoms with van der Waals surface area (Å²) in [5.41, 5.74) is 4.34. The largest absolute Gasteiger partial charge is 0.486 e. The summed E-state index contributed by atoms with van der Waals surface area (Å²) in [5, 5.41) is 6.28. The standard InChI is InChI=1S/C19H20N2O3/c22-19(14-2-3-15-11-20-12-16(15)10-14)21-6-5-13-1-4-17-18(9-13)24-8-7-23-17/h1-4,9-10,20H,5-8,11-12H2,(H,21,22). The average molecular weight is 324 g/mol. The molecule has 2 aliphatic heterocycles. The van der Waals surface area contributed by atoms with E-state index in [0.29, 0.717) is 19.8 Å². The summed E-state index contributed by atoms with van der Waals surface area (Å²) >= 11 is 0. The van der Waals surface area contributed by atoms with Gasteiger partial charge in [-0.15, -0.1) is 0 Å². The van der Waals surface area contributed by atoms with Crippen molar-refractivity contribution in [1.29, 1.82) is 0 Å². The minimum atomic E-state index is -0.0257. The van der Waals surface area contributed by atoms with Gasteiger partial charge in [-0.1, -0.05) is 12.1 Å². The molecule has 0 atom stereocenters. The van der Waals surface area contributed by atoms with Gasteiger partial charge in [-0.25, -0.2) is 0 Å². The minimum Gasteiger partial charge on any atom is -0.486 e. The minimum absolute atomic E-state index is 0.0257. The van der Waals surface area contributed by atoms with E-state index in [9.17, 15) is 4.79 Å². The molecule has 0 bridgehead atoms. The number of rotatable bonds is 4. The lowest BCUT2D eigenvalue weighted by Gasteiger charge is -2.18. The number of hydrogen-bond donors (Lipinski definition) is 2. The van der Waals surface area contributed by atoms with Crippen molar-refractivity contribution in [3.63, 3.8) is 0 Å². The van der Waals surface area contributed by atoms with Gasteiger partial charge in [0.2, 0.25) is 0 Å². The average Bonchev–Trinajstić information content (AvgIpc) is 3.09. The van der Waals surface area contributed by atoms with E-state index in [1.165, 1.54) is 11.1 Å². The molecule has 0 unspecified atom stereocenters. The number of hydrogen-bond acceptors (Lipinski definition) is 4. The molecule has 0 saturated heterocycles. The summed E-state index contributed by atoms with van der Waals surface area (Å²) in [6.07, 6.45) is 0.759. The monoisotopic (exact) mass is 324 g/mol. The van der Waals surface area contributed by atoms with Crippen molar-refractivity contribution >= 4 is 5.91 Å². The first-order valence-corrected chi connectivity index (χ1v) is 8.29. The molecular weight excluding hydrogens is 304 g/mol. The Kier molecular flexibility index (Phi) is 4.09. The molecule has 24 heavy (non-hydrogen) atoms. The molecule has 0 spiro atoms. The number of amides is 1. The first kappa shape index (κ1) is 15.0. The molecule has 0 aliphatic carbocycles. The fourth-order valence-electron chi connectivity index (χ4n) is 3.10. The Balaban J connectivity index is 1.34. The van der Waals surface area contributed by atoms with E-state index >= 15 is 0 Å². The second-order valence-corrected chi connectivity index (χ2v) is 6.07. The van der Waals surface area contributed by atoms with Gasteiger partial charge in [-0.3, -0.25) is 4.79 Å². The van der Waals surface area contributed by atoms with Gasteiger partial charge in [0.05, 0.1) is 0 Å². The van der Waals surface area contributed by atoms with Crippen LogP contribution in [0.1, 0.15) is 27.0 Å². The van der Waals surface area contributed by atoms with Crippen LogP contribution in [0.3, 0.4) is 0 Å². The number of carbonyl (C=O) groups is 1. The summed E-state index contributed by atoms with van der Waals surface area (Å²) in [4.78, 5) is 12.3. The summed E-state index contributed by atoms with van der Waals surface area (Å²) in [5.74, 6) is 1.55. The number of ether oxygens (including phenoxy) is 2. The summed E-state index contributed by atoms with van der Waals surface area (Å²) in [6.45, 7) is 3.50. The zero-order valence-electron chi connectivity index (χ0n) is 13.4. The van der Waals surface area contributed by atoms with Crippen LogP contribution in [0.25, 0.3) is 0 Å². The van der Waals surface area contributed by atoms with Crippen molar-refractivity contribution in [3.8, 4) is 11.5 Å². The summed E-state index contributed by atoms with van der Waals surface area (Å²) in [6, 6.07) is 11.8. The van der Waals surface area contributed by atoms with E-state index in [1.54, 1.807) is 0 Å². The van der Waals surface area contributed by atoms with Gasteiger partial charge in [-0.2, -0.15) is 0 Å². The summed E-state index contributed by atoms with van der Waals surface area (Å²) < 4.78 is 11.1. The lowest BCUT2D eigenvalue weighted by molar-refractivity contribution is 0.0954. The molecule has 2 aliphatic rings. The number of carbonyl (C=O) groups excluding carboxylic acids is 1. The molecule has 2 heterocycles. The smallest absolute Gasteiger partial charge is 0.251 e. The second-order valence-electron chi connectivity index (χ2n) is 6.07. The molecule has 1 amide bonds. The first-order valence-electron chi connectivity index (χ1n) is 8.29. The van der Waals surface area contributed by atoms with E-state index in [0.717, 1.165) is 42.1 Å². The molecule has 4 rings (SSSR count). The Bertz CT molecular complexity index is 773. The molecule has 2 N–H and O–H groups in total. The molecule has 0 aromatic heterocycles. The van der Waals surface area contributed by atoms with Crippen LogP contribution in [-0.4, -0.2) is 25.7 Å². The van der Waals surface area contributed by atoms with Crippen LogP contribution >= 0.6 is 0 Å². The highest BCUT2D eigenvalue weighted by atomic mass is 16.6. The van der Waals surface area contributed by atoms with Crippen molar-refractivity contribution < 1.29 is 14.3 Å². The van der Waals surface area contributed by atoms with Gasteiger partial charge in [-0.05, 0) is 47.4 Å². The maximum Gasteiger partial charge on any atom is 0.251 e. The fourth-order valence-corrected chi connectivity index (χ4v) is 3.10. The van der Waals surface area contributed by atoms with Crippen molar-refractivity contribution in [2.75, 3.05) is 19.8 Å². The van der Waals surface area contributed by atoms with Crippen LogP contribution in [0.2, 0.25) is 0 Å². The highest BCUT2D eigenvalue weighted by Gasteiger charge is 2.14. The van der Waals surface area contributed by atoms with Crippen LogP contribution in [0.15, 0.2) is 36.4 Å². The molecule has 2 aromatic carbocycles. The number of nitrogens with one attached hydrogen (secondary N) is 2. The molecule has 0 saturated carbocycles. The lowest BCUT2D eigenvalue weighted by Crippen LogP contribution is -2.25. The molecule has 124 valence electrons. The molecular formula is C19H20N2O3. The second kappa shape index (κ2) is 6.53. The van der Waals surface area contributed by atoms with Crippen LogP contribution in [0.4, 0.5) is 0 Å². The van der Waals surface area contributed by atoms with Crippen LogP contribution in [0.5, 0.6) is 11.5 Å². The zero-order chi connectivity index (χ0) is 16.4. The van der Waals surface area contributed by atoms with Gasteiger partial charge >= 0.3 is 0 Å². The number of benzene rings is 2. The van der Waals surface area contributed by atoms with E-state index < -0.39 is 0 Å². The highest BCUT2D eigenvalue weighted by Crippen LogP contribution is 2.30.